The van der Waals surface area contributed by atoms with Gasteiger partial charge in [-0.2, -0.15) is 0 Å². The number of hydrogen-bond donors (Lipinski definition) is 0. The van der Waals surface area contributed by atoms with Crippen molar-refractivity contribution in [2.45, 2.75) is 20.3 Å². The molecule has 5 heteroatoms. The molecule has 1 saturated heterocycles. The van der Waals surface area contributed by atoms with E-state index in [1.165, 1.54) is 0 Å². The number of aromatic nitrogens is 3. The molecule has 1 amide bonds. The predicted octanol–water partition coefficient (Wildman–Crippen LogP) is 2.03. The minimum absolute atomic E-state index is 0.0163. The lowest BCUT2D eigenvalue weighted by Gasteiger charge is -2.18. The van der Waals surface area contributed by atoms with Gasteiger partial charge < -0.3 is 0 Å². The van der Waals surface area contributed by atoms with Gasteiger partial charge >= 0.3 is 0 Å². The second kappa shape index (κ2) is 5.57. The van der Waals surface area contributed by atoms with E-state index in [2.05, 4.69) is 40.6 Å². The van der Waals surface area contributed by atoms with Crippen LogP contribution in [0.3, 0.4) is 0 Å². The number of pyridine rings is 1. The summed E-state index contributed by atoms with van der Waals surface area (Å²) in [4.78, 5) is 26.3. The molecule has 0 saturated carbocycles. The molecule has 1 fully saturated rings. The minimum atomic E-state index is -0.0163. The van der Waals surface area contributed by atoms with Gasteiger partial charge in [0.2, 0.25) is 5.91 Å². The van der Waals surface area contributed by atoms with Crippen molar-refractivity contribution in [3.05, 3.63) is 48.2 Å². The predicted molar refractivity (Wildman–Crippen MR) is 83.0 cm³/mol. The molecule has 0 atom stereocenters. The normalized spacial score (nSPS) is 16.3. The Bertz CT molecular complexity index is 742. The molecule has 2 aromatic heterocycles. The molecule has 0 bridgehead atoms. The van der Waals surface area contributed by atoms with Gasteiger partial charge in [0, 0.05) is 30.9 Å². The van der Waals surface area contributed by atoms with Crippen molar-refractivity contribution < 1.29 is 4.79 Å². The third-order valence-electron chi connectivity index (χ3n) is 3.43. The first-order valence-corrected chi connectivity index (χ1v) is 7.08. The summed E-state index contributed by atoms with van der Waals surface area (Å²) in [5.41, 5.74) is 1.38. The van der Waals surface area contributed by atoms with E-state index in [4.69, 9.17) is 0 Å². The van der Waals surface area contributed by atoms with Crippen molar-refractivity contribution in [3.8, 4) is 11.8 Å². The van der Waals surface area contributed by atoms with Crippen LogP contribution < -0.4 is 4.90 Å². The molecule has 3 rings (SSSR count). The highest BCUT2D eigenvalue weighted by molar-refractivity contribution is 5.95. The van der Waals surface area contributed by atoms with Crippen molar-refractivity contribution in [2.75, 3.05) is 11.4 Å². The zero-order valence-corrected chi connectivity index (χ0v) is 12.6. The molecule has 110 valence electrons. The van der Waals surface area contributed by atoms with E-state index in [-0.39, 0.29) is 11.3 Å². The molecule has 0 N–H and O–H groups in total. The maximum Gasteiger partial charge on any atom is 0.228 e. The highest BCUT2D eigenvalue weighted by Gasteiger charge is 2.37. The average Bonchev–Trinajstić information content (AvgIpc) is 2.80. The zero-order valence-electron chi connectivity index (χ0n) is 12.6. The van der Waals surface area contributed by atoms with Gasteiger partial charge in [0.25, 0.3) is 0 Å². The van der Waals surface area contributed by atoms with Crippen molar-refractivity contribution in [1.29, 1.82) is 0 Å². The number of hydrogen-bond acceptors (Lipinski definition) is 4. The van der Waals surface area contributed by atoms with Crippen LogP contribution in [0.1, 0.15) is 31.5 Å². The van der Waals surface area contributed by atoms with Gasteiger partial charge in [-0.3, -0.25) is 14.7 Å². The van der Waals surface area contributed by atoms with E-state index >= 15 is 0 Å². The molecule has 1 aliphatic rings. The largest absolute Gasteiger partial charge is 0.295 e. The summed E-state index contributed by atoms with van der Waals surface area (Å²) in [7, 11) is 0. The molecule has 0 unspecified atom stereocenters. The fraction of sp³-hybridized carbons (Fsp3) is 0.294. The molecule has 0 aromatic carbocycles. The Balaban J connectivity index is 1.77. The van der Waals surface area contributed by atoms with Crippen LogP contribution in [0.4, 0.5) is 5.82 Å². The first kappa shape index (κ1) is 14.2. The second-order valence-electron chi connectivity index (χ2n) is 6.07. The standard InChI is InChI=1S/C17H16N4O/c1-17(2)8-16(22)21(12-17)15-11-19-14(10-20-15)6-5-13-4-3-7-18-9-13/h3-4,7,9-11H,8,12H2,1-2H3. The molecule has 22 heavy (non-hydrogen) atoms. The Kier molecular flexibility index (Phi) is 3.60. The summed E-state index contributed by atoms with van der Waals surface area (Å²) in [6, 6.07) is 3.71. The van der Waals surface area contributed by atoms with Crippen LogP contribution in [0, 0.1) is 17.3 Å². The summed E-state index contributed by atoms with van der Waals surface area (Å²) in [6.45, 7) is 4.82. The van der Waals surface area contributed by atoms with E-state index in [1.54, 1.807) is 29.7 Å². The van der Waals surface area contributed by atoms with E-state index in [1.807, 2.05) is 12.1 Å². The Morgan fingerprint density at radius 2 is 2.05 bits per heavy atom. The highest BCUT2D eigenvalue weighted by Crippen LogP contribution is 2.32. The topological polar surface area (TPSA) is 59.0 Å². The van der Waals surface area contributed by atoms with Gasteiger partial charge in [0.15, 0.2) is 5.82 Å². The molecule has 2 aromatic rings. The molecule has 1 aliphatic heterocycles. The lowest BCUT2D eigenvalue weighted by atomic mass is 9.93. The van der Waals surface area contributed by atoms with Crippen LogP contribution in [0.5, 0.6) is 0 Å². The second-order valence-corrected chi connectivity index (χ2v) is 6.07. The lowest BCUT2D eigenvalue weighted by Crippen LogP contribution is -2.27. The molecule has 5 nitrogen and oxygen atoms in total. The van der Waals surface area contributed by atoms with Crippen LogP contribution in [0.2, 0.25) is 0 Å². The van der Waals surface area contributed by atoms with Crippen LogP contribution >= 0.6 is 0 Å². The van der Waals surface area contributed by atoms with Crippen LogP contribution in [0.25, 0.3) is 0 Å². The third kappa shape index (κ3) is 3.12. The van der Waals surface area contributed by atoms with Gasteiger partial charge in [-0.05, 0) is 23.5 Å². The SMILES string of the molecule is CC1(C)CC(=O)N(c2cnc(C#Cc3cccnc3)cn2)C1. The van der Waals surface area contributed by atoms with Gasteiger partial charge in [-0.15, -0.1) is 0 Å². The highest BCUT2D eigenvalue weighted by atomic mass is 16.2. The third-order valence-corrected chi connectivity index (χ3v) is 3.43. The summed E-state index contributed by atoms with van der Waals surface area (Å²) < 4.78 is 0. The first-order valence-electron chi connectivity index (χ1n) is 7.08. The average molecular weight is 292 g/mol. The maximum atomic E-state index is 12.0. The van der Waals surface area contributed by atoms with Gasteiger partial charge in [0.05, 0.1) is 12.4 Å². The maximum absolute atomic E-state index is 12.0. The van der Waals surface area contributed by atoms with Crippen LogP contribution in [-0.4, -0.2) is 27.4 Å². The molecule has 3 heterocycles. The Hall–Kier alpha value is -2.74. The smallest absolute Gasteiger partial charge is 0.228 e. The summed E-state index contributed by atoms with van der Waals surface area (Å²) in [6.07, 6.45) is 7.13. The number of anilines is 1. The van der Waals surface area contributed by atoms with Gasteiger partial charge in [-0.1, -0.05) is 19.8 Å². The number of carbonyl (C=O) groups excluding carboxylic acids is 1. The van der Waals surface area contributed by atoms with Crippen molar-refractivity contribution in [1.82, 2.24) is 15.0 Å². The lowest BCUT2D eigenvalue weighted by molar-refractivity contribution is -0.117. The van der Waals surface area contributed by atoms with Crippen LogP contribution in [0.15, 0.2) is 36.9 Å². The molecule has 0 radical (unpaired) electrons. The Labute approximate surface area is 129 Å². The minimum Gasteiger partial charge on any atom is -0.295 e. The number of amides is 1. The first-order chi connectivity index (χ1) is 10.5. The van der Waals surface area contributed by atoms with E-state index in [9.17, 15) is 4.79 Å². The van der Waals surface area contributed by atoms with Crippen molar-refractivity contribution in [3.63, 3.8) is 0 Å². The summed E-state index contributed by atoms with van der Waals surface area (Å²) >= 11 is 0. The van der Waals surface area contributed by atoms with E-state index in [0.717, 1.165) is 5.56 Å². The fourth-order valence-corrected chi connectivity index (χ4v) is 2.38. The Morgan fingerprint density at radius 3 is 2.64 bits per heavy atom. The quantitative estimate of drug-likeness (QED) is 0.755. The van der Waals surface area contributed by atoms with Gasteiger partial charge in [-0.25, -0.2) is 9.97 Å². The Morgan fingerprint density at radius 1 is 1.18 bits per heavy atom. The monoisotopic (exact) mass is 292 g/mol. The molecule has 0 aliphatic carbocycles. The zero-order chi connectivity index (χ0) is 15.6. The molecular weight excluding hydrogens is 276 g/mol. The van der Waals surface area contributed by atoms with Gasteiger partial charge in [0.1, 0.15) is 5.69 Å². The molecular formula is C17H16N4O. The number of carbonyl (C=O) groups is 1. The van der Waals surface area contributed by atoms with Crippen molar-refractivity contribution in [2.24, 2.45) is 5.41 Å². The number of rotatable bonds is 1. The van der Waals surface area contributed by atoms with E-state index in [0.29, 0.717) is 24.5 Å². The summed E-state index contributed by atoms with van der Waals surface area (Å²) in [5.74, 6) is 6.59. The fourth-order valence-electron chi connectivity index (χ4n) is 2.38. The van der Waals surface area contributed by atoms with Crippen molar-refractivity contribution >= 4 is 11.7 Å². The van der Waals surface area contributed by atoms with E-state index < -0.39 is 0 Å². The summed E-state index contributed by atoms with van der Waals surface area (Å²) in [5, 5.41) is 0. The molecule has 0 spiro atoms. The van der Waals surface area contributed by atoms with Crippen LogP contribution in [-0.2, 0) is 4.79 Å². The number of nitrogens with zero attached hydrogens (tertiary/aromatic N) is 4.